The fraction of sp³-hybridized carbons (Fsp3) is 0.333. The molecule has 0 radical (unpaired) electrons. The van der Waals surface area contributed by atoms with E-state index in [-0.39, 0.29) is 6.04 Å². The van der Waals surface area contributed by atoms with Crippen LogP contribution in [0.1, 0.15) is 25.7 Å². The van der Waals surface area contributed by atoms with Crippen LogP contribution in [-0.4, -0.2) is 15.2 Å². The number of hydrogen-bond acceptors (Lipinski definition) is 3. The highest BCUT2D eigenvalue weighted by Gasteiger charge is 2.15. The number of aromatic nitrogens is 3. The number of halogens is 1. The van der Waals surface area contributed by atoms with Crippen LogP contribution >= 0.6 is 11.6 Å². The van der Waals surface area contributed by atoms with Gasteiger partial charge in [0, 0.05) is 10.6 Å². The topological polar surface area (TPSA) is 67.6 Å². The Morgan fingerprint density at radius 3 is 2.47 bits per heavy atom. The minimum atomic E-state index is -0.122. The summed E-state index contributed by atoms with van der Waals surface area (Å²) in [6.07, 6.45) is 0. The summed E-state index contributed by atoms with van der Waals surface area (Å²) in [6, 6.07) is 7.28. The molecule has 2 aromatic rings. The molecule has 90 valence electrons. The van der Waals surface area contributed by atoms with Crippen LogP contribution in [0.15, 0.2) is 24.3 Å². The predicted molar refractivity (Wildman–Crippen MR) is 68.6 cm³/mol. The Morgan fingerprint density at radius 2 is 1.88 bits per heavy atom. The molecule has 1 atom stereocenters. The SMILES string of the molecule is CC(C)[C@@H](N)c1nc(-c2ccc(Cl)cc2)n[nH]1. The van der Waals surface area contributed by atoms with E-state index in [1.165, 1.54) is 0 Å². The average Bonchev–Trinajstić information content (AvgIpc) is 2.78. The first kappa shape index (κ1) is 12.1. The van der Waals surface area contributed by atoms with Crippen molar-refractivity contribution in [3.05, 3.63) is 35.1 Å². The molecule has 0 saturated carbocycles. The van der Waals surface area contributed by atoms with Gasteiger partial charge < -0.3 is 5.73 Å². The molecule has 5 heteroatoms. The van der Waals surface area contributed by atoms with Gasteiger partial charge in [-0.25, -0.2) is 4.98 Å². The average molecular weight is 251 g/mol. The lowest BCUT2D eigenvalue weighted by Crippen LogP contribution is -2.18. The number of nitrogens with two attached hydrogens (primary N) is 1. The monoisotopic (exact) mass is 250 g/mol. The van der Waals surface area contributed by atoms with Gasteiger partial charge in [0.1, 0.15) is 5.82 Å². The Bertz CT molecular complexity index is 489. The van der Waals surface area contributed by atoms with E-state index in [4.69, 9.17) is 17.3 Å². The van der Waals surface area contributed by atoms with Crippen LogP contribution in [0.2, 0.25) is 5.02 Å². The van der Waals surface area contributed by atoms with Gasteiger partial charge in [-0.15, -0.1) is 0 Å². The highest BCUT2D eigenvalue weighted by molar-refractivity contribution is 6.30. The summed E-state index contributed by atoms with van der Waals surface area (Å²) in [6.45, 7) is 4.10. The van der Waals surface area contributed by atoms with Crippen molar-refractivity contribution in [2.24, 2.45) is 11.7 Å². The minimum Gasteiger partial charge on any atom is -0.321 e. The summed E-state index contributed by atoms with van der Waals surface area (Å²) in [7, 11) is 0. The molecule has 0 amide bonds. The van der Waals surface area contributed by atoms with Crippen molar-refractivity contribution in [1.29, 1.82) is 0 Å². The number of benzene rings is 1. The fourth-order valence-corrected chi connectivity index (χ4v) is 1.59. The summed E-state index contributed by atoms with van der Waals surface area (Å²) in [4.78, 5) is 4.40. The minimum absolute atomic E-state index is 0.122. The Morgan fingerprint density at radius 1 is 1.24 bits per heavy atom. The zero-order valence-electron chi connectivity index (χ0n) is 9.81. The lowest BCUT2D eigenvalue weighted by molar-refractivity contribution is 0.492. The van der Waals surface area contributed by atoms with E-state index in [1.807, 2.05) is 24.3 Å². The molecule has 0 aliphatic heterocycles. The van der Waals surface area contributed by atoms with Crippen LogP contribution < -0.4 is 5.73 Å². The summed E-state index contributed by atoms with van der Waals surface area (Å²) in [5.74, 6) is 1.68. The van der Waals surface area contributed by atoms with Crippen LogP contribution in [0.5, 0.6) is 0 Å². The standard InChI is InChI=1S/C12H15ClN4/c1-7(2)10(14)12-15-11(16-17-12)8-3-5-9(13)6-4-8/h3-7,10H,14H2,1-2H3,(H,15,16,17)/t10-/m1/s1. The van der Waals surface area contributed by atoms with Crippen LogP contribution in [-0.2, 0) is 0 Å². The van der Waals surface area contributed by atoms with E-state index in [0.29, 0.717) is 22.6 Å². The van der Waals surface area contributed by atoms with E-state index >= 15 is 0 Å². The highest BCUT2D eigenvalue weighted by Crippen LogP contribution is 2.20. The molecule has 17 heavy (non-hydrogen) atoms. The van der Waals surface area contributed by atoms with Gasteiger partial charge in [0.05, 0.1) is 6.04 Å². The maximum atomic E-state index is 6.00. The number of aromatic amines is 1. The normalized spacial score (nSPS) is 13.0. The van der Waals surface area contributed by atoms with Crippen molar-refractivity contribution in [1.82, 2.24) is 15.2 Å². The molecule has 3 N–H and O–H groups in total. The molecule has 0 aliphatic carbocycles. The second-order valence-electron chi connectivity index (χ2n) is 4.32. The van der Waals surface area contributed by atoms with E-state index in [1.54, 1.807) is 0 Å². The first-order valence-electron chi connectivity index (χ1n) is 5.51. The Labute approximate surface area is 105 Å². The largest absolute Gasteiger partial charge is 0.321 e. The lowest BCUT2D eigenvalue weighted by atomic mass is 10.1. The van der Waals surface area contributed by atoms with Crippen molar-refractivity contribution in [2.75, 3.05) is 0 Å². The second-order valence-corrected chi connectivity index (χ2v) is 4.76. The third kappa shape index (κ3) is 2.65. The number of rotatable bonds is 3. The molecule has 0 unspecified atom stereocenters. The zero-order valence-corrected chi connectivity index (χ0v) is 10.6. The molecule has 0 bridgehead atoms. The van der Waals surface area contributed by atoms with Gasteiger partial charge >= 0.3 is 0 Å². The molecule has 1 heterocycles. The summed E-state index contributed by atoms with van der Waals surface area (Å²) >= 11 is 5.83. The van der Waals surface area contributed by atoms with Crippen molar-refractivity contribution in [2.45, 2.75) is 19.9 Å². The van der Waals surface area contributed by atoms with Crippen LogP contribution in [0.3, 0.4) is 0 Å². The number of H-pyrrole nitrogens is 1. The summed E-state index contributed by atoms with van der Waals surface area (Å²) < 4.78 is 0. The zero-order chi connectivity index (χ0) is 12.4. The molecule has 4 nitrogen and oxygen atoms in total. The van der Waals surface area contributed by atoms with E-state index in [2.05, 4.69) is 29.0 Å². The van der Waals surface area contributed by atoms with Gasteiger partial charge in [0.25, 0.3) is 0 Å². The van der Waals surface area contributed by atoms with Gasteiger partial charge in [0.2, 0.25) is 0 Å². The van der Waals surface area contributed by atoms with Gasteiger partial charge in [-0.2, -0.15) is 5.10 Å². The van der Waals surface area contributed by atoms with Gasteiger partial charge in [-0.05, 0) is 30.2 Å². The van der Waals surface area contributed by atoms with Gasteiger partial charge in [-0.3, -0.25) is 5.10 Å². The van der Waals surface area contributed by atoms with Crippen LogP contribution in [0.25, 0.3) is 11.4 Å². The fourth-order valence-electron chi connectivity index (χ4n) is 1.47. The third-order valence-corrected chi connectivity index (χ3v) is 2.89. The Kier molecular flexibility index (Phi) is 3.45. The molecule has 1 aromatic carbocycles. The van der Waals surface area contributed by atoms with Crippen molar-refractivity contribution < 1.29 is 0 Å². The molecule has 1 aromatic heterocycles. The molecule has 0 fully saturated rings. The summed E-state index contributed by atoms with van der Waals surface area (Å²) in [5.41, 5.74) is 6.92. The first-order valence-corrected chi connectivity index (χ1v) is 5.89. The Balaban J connectivity index is 2.26. The number of nitrogens with one attached hydrogen (secondary N) is 1. The molecule has 2 rings (SSSR count). The van der Waals surface area contributed by atoms with Gasteiger partial charge in [-0.1, -0.05) is 25.4 Å². The highest BCUT2D eigenvalue weighted by atomic mass is 35.5. The van der Waals surface area contributed by atoms with Crippen LogP contribution in [0, 0.1) is 5.92 Å². The van der Waals surface area contributed by atoms with Crippen molar-refractivity contribution in [3.63, 3.8) is 0 Å². The third-order valence-electron chi connectivity index (χ3n) is 2.64. The quantitative estimate of drug-likeness (QED) is 0.880. The van der Waals surface area contributed by atoms with E-state index < -0.39 is 0 Å². The second kappa shape index (κ2) is 4.85. The first-order chi connectivity index (χ1) is 8.08. The molecule has 0 saturated heterocycles. The van der Waals surface area contributed by atoms with Crippen molar-refractivity contribution in [3.8, 4) is 11.4 Å². The maximum Gasteiger partial charge on any atom is 0.181 e. The smallest absolute Gasteiger partial charge is 0.181 e. The van der Waals surface area contributed by atoms with Crippen LogP contribution in [0.4, 0.5) is 0 Å². The number of hydrogen-bond donors (Lipinski definition) is 2. The maximum absolute atomic E-state index is 6.00. The summed E-state index contributed by atoms with van der Waals surface area (Å²) in [5, 5.41) is 7.74. The van der Waals surface area contributed by atoms with Gasteiger partial charge in [0.15, 0.2) is 5.82 Å². The van der Waals surface area contributed by atoms with Crippen molar-refractivity contribution >= 4 is 11.6 Å². The molecular formula is C12H15ClN4. The molecule has 0 aliphatic rings. The predicted octanol–water partition coefficient (Wildman–Crippen LogP) is 2.78. The Hall–Kier alpha value is -1.39. The molecule has 0 spiro atoms. The lowest BCUT2D eigenvalue weighted by Gasteiger charge is -2.11. The van der Waals surface area contributed by atoms with E-state index in [0.717, 1.165) is 5.56 Å². The number of nitrogens with zero attached hydrogens (tertiary/aromatic N) is 2. The molecular weight excluding hydrogens is 236 g/mol. The van der Waals surface area contributed by atoms with E-state index in [9.17, 15) is 0 Å².